The Morgan fingerprint density at radius 3 is 1.91 bits per heavy atom. The van der Waals surface area contributed by atoms with Crippen LogP contribution in [0.5, 0.6) is 5.75 Å². The third-order valence-corrected chi connectivity index (χ3v) is 6.82. The van der Waals surface area contributed by atoms with Gasteiger partial charge in [0.1, 0.15) is 5.82 Å². The molecule has 34 heavy (non-hydrogen) atoms. The van der Waals surface area contributed by atoms with E-state index in [-0.39, 0.29) is 5.75 Å². The Labute approximate surface area is 203 Å². The highest BCUT2D eigenvalue weighted by Crippen LogP contribution is 2.37. The molecule has 0 radical (unpaired) electrons. The number of pyridine rings is 1. The van der Waals surface area contributed by atoms with E-state index in [1.54, 1.807) is 6.92 Å². The maximum absolute atomic E-state index is 12.8. The molecule has 0 saturated heterocycles. The molecule has 1 aliphatic heterocycles. The van der Waals surface area contributed by atoms with Crippen LogP contribution < -0.4 is 9.64 Å². The molecule has 0 unspecified atom stereocenters. The third-order valence-electron chi connectivity index (χ3n) is 6.82. The fourth-order valence-electron chi connectivity index (χ4n) is 4.71. The van der Waals surface area contributed by atoms with E-state index >= 15 is 0 Å². The van der Waals surface area contributed by atoms with E-state index in [0.717, 1.165) is 37.2 Å². The highest BCUT2D eigenvalue weighted by Gasteiger charge is 2.42. The van der Waals surface area contributed by atoms with E-state index in [1.165, 1.54) is 70.6 Å². The number of likely N-dealkylation sites (N-methyl/N-ethyl adjacent to an activating group) is 1. The SMILES string of the molecule is CCCCCCCCCCCCCCCCc1nc2c(c(C)c1OC(=O)C(F)(F)F)CCN2C. The number of halogens is 3. The average Bonchev–Trinajstić information content (AvgIpc) is 3.16. The smallest absolute Gasteiger partial charge is 0.418 e. The molecule has 1 aromatic rings. The first-order valence-electron chi connectivity index (χ1n) is 13.3. The summed E-state index contributed by atoms with van der Waals surface area (Å²) in [6.07, 6.45) is 13.6. The van der Waals surface area contributed by atoms with Crippen LogP contribution in [0.3, 0.4) is 0 Å². The molecular formula is C27H43F3N2O2. The van der Waals surface area contributed by atoms with Crippen LogP contribution >= 0.6 is 0 Å². The van der Waals surface area contributed by atoms with Crippen LogP contribution in [-0.4, -0.2) is 30.7 Å². The van der Waals surface area contributed by atoms with E-state index in [9.17, 15) is 18.0 Å². The van der Waals surface area contributed by atoms with Gasteiger partial charge in [-0.3, -0.25) is 0 Å². The van der Waals surface area contributed by atoms with Gasteiger partial charge in [0.25, 0.3) is 0 Å². The van der Waals surface area contributed by atoms with Crippen LogP contribution in [0.1, 0.15) is 114 Å². The molecule has 7 heteroatoms. The van der Waals surface area contributed by atoms with Crippen LogP contribution in [0.2, 0.25) is 0 Å². The number of rotatable bonds is 16. The van der Waals surface area contributed by atoms with E-state index in [1.807, 2.05) is 11.9 Å². The van der Waals surface area contributed by atoms with Gasteiger partial charge in [-0.05, 0) is 26.2 Å². The van der Waals surface area contributed by atoms with Crippen molar-refractivity contribution in [1.29, 1.82) is 0 Å². The number of aryl methyl sites for hydroxylation is 1. The maximum Gasteiger partial charge on any atom is 0.491 e. The third kappa shape index (κ3) is 9.10. The molecule has 4 nitrogen and oxygen atoms in total. The molecule has 0 spiro atoms. The number of nitrogens with zero attached hydrogens (tertiary/aromatic N) is 2. The van der Waals surface area contributed by atoms with E-state index < -0.39 is 12.1 Å². The number of carbonyl (C=O) groups excluding carboxylic acids is 1. The maximum atomic E-state index is 12.8. The lowest BCUT2D eigenvalue weighted by Gasteiger charge is -2.18. The summed E-state index contributed by atoms with van der Waals surface area (Å²) in [6, 6.07) is 0. The molecule has 0 fully saturated rings. The molecule has 1 aromatic heterocycles. The van der Waals surface area contributed by atoms with Crippen LogP contribution in [0.15, 0.2) is 0 Å². The fourth-order valence-corrected chi connectivity index (χ4v) is 4.71. The number of esters is 1. The van der Waals surface area contributed by atoms with Crippen LogP contribution in [-0.2, 0) is 17.6 Å². The average molecular weight is 485 g/mol. The summed E-state index contributed by atoms with van der Waals surface area (Å²) in [4.78, 5) is 18.1. The van der Waals surface area contributed by atoms with Gasteiger partial charge in [-0.1, -0.05) is 90.4 Å². The van der Waals surface area contributed by atoms with Crippen molar-refractivity contribution in [3.8, 4) is 5.75 Å². The normalized spacial score (nSPS) is 13.4. The summed E-state index contributed by atoms with van der Waals surface area (Å²) in [5.74, 6) is -1.37. The molecule has 194 valence electrons. The number of unbranched alkanes of at least 4 members (excludes halogenated alkanes) is 13. The van der Waals surface area contributed by atoms with E-state index in [0.29, 0.717) is 24.1 Å². The first-order valence-corrected chi connectivity index (χ1v) is 13.3. The van der Waals surface area contributed by atoms with Crippen LogP contribution in [0, 0.1) is 6.92 Å². The van der Waals surface area contributed by atoms with Crippen LogP contribution in [0.25, 0.3) is 0 Å². The van der Waals surface area contributed by atoms with Gasteiger partial charge in [-0.15, -0.1) is 0 Å². The highest BCUT2D eigenvalue weighted by molar-refractivity contribution is 5.79. The number of hydrogen-bond acceptors (Lipinski definition) is 4. The Morgan fingerprint density at radius 2 is 1.41 bits per heavy atom. The molecule has 0 saturated carbocycles. The van der Waals surface area contributed by atoms with Gasteiger partial charge in [-0.25, -0.2) is 9.78 Å². The minimum absolute atomic E-state index is 0.00562. The molecule has 0 aliphatic carbocycles. The molecule has 0 atom stereocenters. The zero-order chi connectivity index (χ0) is 25.0. The number of ether oxygens (including phenoxy) is 1. The Balaban J connectivity index is 1.73. The molecule has 0 amide bonds. The van der Waals surface area contributed by atoms with Crippen molar-refractivity contribution in [2.24, 2.45) is 0 Å². The second-order valence-corrected chi connectivity index (χ2v) is 9.72. The number of anilines is 1. The second kappa shape index (κ2) is 14.6. The zero-order valence-electron chi connectivity index (χ0n) is 21.4. The van der Waals surface area contributed by atoms with Crippen molar-refractivity contribution in [2.45, 2.75) is 123 Å². The number of alkyl halides is 3. The minimum Gasteiger partial charge on any atom is -0.418 e. The Kier molecular flexibility index (Phi) is 12.2. The van der Waals surface area contributed by atoms with Crippen molar-refractivity contribution in [2.75, 3.05) is 18.5 Å². The van der Waals surface area contributed by atoms with Gasteiger partial charge in [0, 0.05) is 24.7 Å². The van der Waals surface area contributed by atoms with Crippen molar-refractivity contribution >= 4 is 11.8 Å². The van der Waals surface area contributed by atoms with Gasteiger partial charge in [0.15, 0.2) is 5.75 Å². The fraction of sp³-hybridized carbons (Fsp3) is 0.778. The van der Waals surface area contributed by atoms with Crippen molar-refractivity contribution < 1.29 is 22.7 Å². The lowest BCUT2D eigenvalue weighted by Crippen LogP contribution is -2.29. The molecule has 2 rings (SSSR count). The number of fused-ring (bicyclic) bond motifs is 1. The summed E-state index contributed by atoms with van der Waals surface area (Å²) < 4.78 is 43.3. The summed E-state index contributed by atoms with van der Waals surface area (Å²) in [5.41, 5.74) is 1.94. The predicted octanol–water partition coefficient (Wildman–Crippen LogP) is 7.87. The van der Waals surface area contributed by atoms with Crippen molar-refractivity contribution in [3.05, 3.63) is 16.8 Å². The number of hydrogen-bond donors (Lipinski definition) is 0. The Hall–Kier alpha value is -1.79. The van der Waals surface area contributed by atoms with E-state index in [4.69, 9.17) is 4.74 Å². The quantitative estimate of drug-likeness (QED) is 0.177. The second-order valence-electron chi connectivity index (χ2n) is 9.72. The molecular weight excluding hydrogens is 441 g/mol. The zero-order valence-corrected chi connectivity index (χ0v) is 21.4. The molecule has 2 heterocycles. The predicted molar refractivity (Wildman–Crippen MR) is 132 cm³/mol. The summed E-state index contributed by atoms with van der Waals surface area (Å²) in [5, 5.41) is 0. The number of carbonyl (C=O) groups is 1. The van der Waals surface area contributed by atoms with E-state index in [2.05, 4.69) is 11.9 Å². The standard InChI is InChI=1S/C27H43F3N2O2/c1-4-5-6-7-8-9-10-11-12-13-14-15-16-17-18-23-24(34-26(33)27(28,29)30)21(2)22-19-20-32(3)25(22)31-23/h4-20H2,1-3H3. The highest BCUT2D eigenvalue weighted by atomic mass is 19.4. The summed E-state index contributed by atoms with van der Waals surface area (Å²) in [6.45, 7) is 4.74. The Bertz CT molecular complexity index is 765. The van der Waals surface area contributed by atoms with Crippen molar-refractivity contribution in [1.82, 2.24) is 4.98 Å². The molecule has 0 bridgehead atoms. The van der Waals surface area contributed by atoms with Gasteiger partial charge in [0.2, 0.25) is 0 Å². The minimum atomic E-state index is -5.02. The lowest BCUT2D eigenvalue weighted by molar-refractivity contribution is -0.189. The molecule has 1 aliphatic rings. The summed E-state index contributed by atoms with van der Waals surface area (Å²) in [7, 11) is 1.93. The first kappa shape index (κ1) is 28.4. The van der Waals surface area contributed by atoms with Gasteiger partial charge < -0.3 is 9.64 Å². The van der Waals surface area contributed by atoms with Crippen LogP contribution in [0.4, 0.5) is 19.0 Å². The van der Waals surface area contributed by atoms with Crippen molar-refractivity contribution in [3.63, 3.8) is 0 Å². The lowest BCUT2D eigenvalue weighted by atomic mass is 10.0. The molecule has 0 N–H and O–H groups in total. The number of aromatic nitrogens is 1. The Morgan fingerprint density at radius 1 is 0.912 bits per heavy atom. The summed E-state index contributed by atoms with van der Waals surface area (Å²) >= 11 is 0. The topological polar surface area (TPSA) is 42.4 Å². The largest absolute Gasteiger partial charge is 0.491 e. The van der Waals surface area contributed by atoms with Gasteiger partial charge >= 0.3 is 12.1 Å². The first-order chi connectivity index (χ1) is 16.3. The molecule has 0 aromatic carbocycles. The van der Waals surface area contributed by atoms with Gasteiger partial charge in [-0.2, -0.15) is 13.2 Å². The van der Waals surface area contributed by atoms with Gasteiger partial charge in [0.05, 0.1) is 5.69 Å². The monoisotopic (exact) mass is 484 g/mol.